The summed E-state index contributed by atoms with van der Waals surface area (Å²) < 4.78 is 6.16. The number of hydrogen-bond donors (Lipinski definition) is 1. The van der Waals surface area contributed by atoms with Gasteiger partial charge in [0.15, 0.2) is 0 Å². The lowest BCUT2D eigenvalue weighted by Gasteiger charge is -2.21. The molecule has 1 aromatic rings. The van der Waals surface area contributed by atoms with Crippen LogP contribution < -0.4 is 10.1 Å². The van der Waals surface area contributed by atoms with Crippen molar-refractivity contribution in [3.8, 4) is 5.75 Å². The first-order chi connectivity index (χ1) is 8.19. The summed E-state index contributed by atoms with van der Waals surface area (Å²) in [5.41, 5.74) is 2.56. The van der Waals surface area contributed by atoms with E-state index >= 15 is 0 Å². The van der Waals surface area contributed by atoms with Crippen LogP contribution in [0.5, 0.6) is 5.75 Å². The molecule has 0 heterocycles. The Morgan fingerprint density at radius 3 is 2.53 bits per heavy atom. The minimum Gasteiger partial charge on any atom is -0.490 e. The quantitative estimate of drug-likeness (QED) is 0.863. The lowest BCUT2D eigenvalue weighted by molar-refractivity contribution is 0.158. The Labute approximate surface area is 104 Å². The van der Waals surface area contributed by atoms with Crippen LogP contribution in [0.4, 0.5) is 0 Å². The summed E-state index contributed by atoms with van der Waals surface area (Å²) in [5, 5.41) is 3.27. The Balaban J connectivity index is 2.04. The van der Waals surface area contributed by atoms with Crippen molar-refractivity contribution in [3.63, 3.8) is 0 Å². The first kappa shape index (κ1) is 12.4. The predicted octanol–water partition coefficient (Wildman–Crippen LogP) is 3.07. The minimum absolute atomic E-state index is 0.392. The van der Waals surface area contributed by atoms with Gasteiger partial charge in [-0.3, -0.25) is 0 Å². The van der Waals surface area contributed by atoms with Gasteiger partial charge < -0.3 is 10.1 Å². The maximum atomic E-state index is 6.16. The third-order valence-corrected chi connectivity index (χ3v) is 3.54. The molecule has 0 aliphatic heterocycles. The molecule has 1 N–H and O–H groups in total. The van der Waals surface area contributed by atoms with Gasteiger partial charge in [0, 0.05) is 12.5 Å². The normalized spacial score (nSPS) is 23.9. The molecule has 0 saturated heterocycles. The smallest absolute Gasteiger partial charge is 0.120 e. The van der Waals surface area contributed by atoms with E-state index in [4.69, 9.17) is 4.74 Å². The van der Waals surface area contributed by atoms with E-state index in [0.29, 0.717) is 12.0 Å². The van der Waals surface area contributed by atoms with E-state index in [1.807, 2.05) is 7.05 Å². The number of nitrogens with one attached hydrogen (secondary N) is 1. The zero-order chi connectivity index (χ0) is 12.3. The van der Waals surface area contributed by atoms with Crippen molar-refractivity contribution in [3.05, 3.63) is 29.3 Å². The van der Waals surface area contributed by atoms with Crippen LogP contribution in [0.1, 0.15) is 30.4 Å². The largest absolute Gasteiger partial charge is 0.490 e. The molecular formula is C15H23NO. The van der Waals surface area contributed by atoms with Gasteiger partial charge in [0.1, 0.15) is 11.9 Å². The molecule has 0 amide bonds. The van der Waals surface area contributed by atoms with Gasteiger partial charge in [0.2, 0.25) is 0 Å². The van der Waals surface area contributed by atoms with Gasteiger partial charge in [-0.25, -0.2) is 0 Å². The SMILES string of the molecule is CNCC1CCCC1Oc1cc(C)cc(C)c1. The van der Waals surface area contributed by atoms with Crippen LogP contribution in [0.2, 0.25) is 0 Å². The summed E-state index contributed by atoms with van der Waals surface area (Å²) in [4.78, 5) is 0. The van der Waals surface area contributed by atoms with Crippen molar-refractivity contribution < 1.29 is 4.74 Å². The standard InChI is InChI=1S/C15H23NO/c1-11-7-12(2)9-14(8-11)17-15-6-4-5-13(15)10-16-3/h7-9,13,15-16H,4-6,10H2,1-3H3. The van der Waals surface area contributed by atoms with Crippen molar-refractivity contribution in [1.29, 1.82) is 0 Å². The summed E-state index contributed by atoms with van der Waals surface area (Å²) >= 11 is 0. The second-order valence-corrected chi connectivity index (χ2v) is 5.23. The molecular weight excluding hydrogens is 210 g/mol. The van der Waals surface area contributed by atoms with Gasteiger partial charge in [-0.05, 0) is 63.4 Å². The number of hydrogen-bond acceptors (Lipinski definition) is 2. The summed E-state index contributed by atoms with van der Waals surface area (Å²) in [6, 6.07) is 6.47. The van der Waals surface area contributed by atoms with E-state index in [-0.39, 0.29) is 0 Å². The highest BCUT2D eigenvalue weighted by atomic mass is 16.5. The summed E-state index contributed by atoms with van der Waals surface area (Å²) in [6.07, 6.45) is 4.17. The molecule has 1 aromatic carbocycles. The van der Waals surface area contributed by atoms with Gasteiger partial charge in [-0.15, -0.1) is 0 Å². The second kappa shape index (κ2) is 5.54. The Hall–Kier alpha value is -1.02. The average molecular weight is 233 g/mol. The van der Waals surface area contributed by atoms with E-state index in [1.165, 1.54) is 30.4 Å². The van der Waals surface area contributed by atoms with Crippen molar-refractivity contribution in [2.24, 2.45) is 5.92 Å². The van der Waals surface area contributed by atoms with Crippen molar-refractivity contribution in [1.82, 2.24) is 5.32 Å². The highest BCUT2D eigenvalue weighted by molar-refractivity contribution is 5.33. The Kier molecular flexibility index (Phi) is 4.06. The molecule has 94 valence electrons. The van der Waals surface area contributed by atoms with E-state index in [9.17, 15) is 0 Å². The monoisotopic (exact) mass is 233 g/mol. The Morgan fingerprint density at radius 2 is 1.88 bits per heavy atom. The number of ether oxygens (including phenoxy) is 1. The first-order valence-corrected chi connectivity index (χ1v) is 6.58. The second-order valence-electron chi connectivity index (χ2n) is 5.23. The summed E-state index contributed by atoms with van der Waals surface area (Å²) in [7, 11) is 2.02. The first-order valence-electron chi connectivity index (χ1n) is 6.58. The average Bonchev–Trinajstić information content (AvgIpc) is 2.65. The fourth-order valence-electron chi connectivity index (χ4n) is 2.83. The Morgan fingerprint density at radius 1 is 1.18 bits per heavy atom. The van der Waals surface area contributed by atoms with Crippen molar-refractivity contribution >= 4 is 0 Å². The molecule has 0 spiro atoms. The number of aryl methyl sites for hydroxylation is 2. The van der Waals surface area contributed by atoms with Crippen molar-refractivity contribution in [2.45, 2.75) is 39.2 Å². The molecule has 2 heteroatoms. The maximum absolute atomic E-state index is 6.16. The molecule has 2 unspecified atom stereocenters. The van der Waals surface area contributed by atoms with Crippen LogP contribution >= 0.6 is 0 Å². The molecule has 2 rings (SSSR count). The van der Waals surface area contributed by atoms with E-state index in [2.05, 4.69) is 37.4 Å². The molecule has 1 aliphatic carbocycles. The molecule has 0 radical (unpaired) electrons. The van der Waals surface area contributed by atoms with E-state index in [1.54, 1.807) is 0 Å². The van der Waals surface area contributed by atoms with Crippen LogP contribution in [0.3, 0.4) is 0 Å². The zero-order valence-electron chi connectivity index (χ0n) is 11.1. The van der Waals surface area contributed by atoms with Gasteiger partial charge in [-0.1, -0.05) is 6.07 Å². The summed E-state index contributed by atoms with van der Waals surface area (Å²) in [5.74, 6) is 1.70. The van der Waals surface area contributed by atoms with Gasteiger partial charge in [-0.2, -0.15) is 0 Å². The number of benzene rings is 1. The molecule has 1 aliphatic rings. The lowest BCUT2D eigenvalue weighted by atomic mass is 10.1. The highest BCUT2D eigenvalue weighted by Gasteiger charge is 2.28. The fraction of sp³-hybridized carbons (Fsp3) is 0.600. The maximum Gasteiger partial charge on any atom is 0.120 e. The van der Waals surface area contributed by atoms with Crippen molar-refractivity contribution in [2.75, 3.05) is 13.6 Å². The van der Waals surface area contributed by atoms with Gasteiger partial charge >= 0.3 is 0 Å². The predicted molar refractivity (Wildman–Crippen MR) is 71.6 cm³/mol. The molecule has 17 heavy (non-hydrogen) atoms. The molecule has 0 aromatic heterocycles. The van der Waals surface area contributed by atoms with E-state index in [0.717, 1.165) is 12.3 Å². The highest BCUT2D eigenvalue weighted by Crippen LogP contribution is 2.30. The van der Waals surface area contributed by atoms with Gasteiger partial charge in [0.25, 0.3) is 0 Å². The Bertz CT molecular complexity index is 355. The molecule has 1 fully saturated rings. The summed E-state index contributed by atoms with van der Waals surface area (Å²) in [6.45, 7) is 5.31. The van der Waals surface area contributed by atoms with Crippen LogP contribution in [0, 0.1) is 19.8 Å². The zero-order valence-corrected chi connectivity index (χ0v) is 11.1. The molecule has 0 bridgehead atoms. The van der Waals surface area contributed by atoms with Crippen LogP contribution in [0.25, 0.3) is 0 Å². The van der Waals surface area contributed by atoms with E-state index < -0.39 is 0 Å². The minimum atomic E-state index is 0.392. The van der Waals surface area contributed by atoms with Crippen LogP contribution in [0.15, 0.2) is 18.2 Å². The van der Waals surface area contributed by atoms with Gasteiger partial charge in [0.05, 0.1) is 0 Å². The van der Waals surface area contributed by atoms with Crippen LogP contribution in [-0.2, 0) is 0 Å². The van der Waals surface area contributed by atoms with Crippen LogP contribution in [-0.4, -0.2) is 19.7 Å². The molecule has 2 nitrogen and oxygen atoms in total. The lowest BCUT2D eigenvalue weighted by Crippen LogP contribution is -2.29. The molecule has 1 saturated carbocycles. The number of rotatable bonds is 4. The molecule has 2 atom stereocenters. The third-order valence-electron chi connectivity index (χ3n) is 3.54. The third kappa shape index (κ3) is 3.22. The topological polar surface area (TPSA) is 21.3 Å². The fourth-order valence-corrected chi connectivity index (χ4v) is 2.83.